The van der Waals surface area contributed by atoms with Crippen molar-refractivity contribution in [3.63, 3.8) is 0 Å². The highest BCUT2D eigenvalue weighted by molar-refractivity contribution is 7.98. The zero-order valence-corrected chi connectivity index (χ0v) is 12.8. The zero-order valence-electron chi connectivity index (χ0n) is 11.9. The zero-order chi connectivity index (χ0) is 15.0. The summed E-state index contributed by atoms with van der Waals surface area (Å²) in [7, 11) is 0. The van der Waals surface area contributed by atoms with E-state index in [2.05, 4.69) is 5.32 Å². The minimum absolute atomic E-state index is 0.0118. The first-order valence-corrected chi connectivity index (χ1v) is 8.10. The van der Waals surface area contributed by atoms with Crippen LogP contribution in [-0.4, -0.2) is 35.7 Å². The Bertz CT molecular complexity index is 422. The summed E-state index contributed by atoms with van der Waals surface area (Å²) in [6.45, 7) is 1.97. The summed E-state index contributed by atoms with van der Waals surface area (Å²) in [4.78, 5) is 12.0. The SMILES string of the molecule is CSCC(CCO)NC(=O)CC(C)c1cccc(F)c1. The Labute approximate surface area is 124 Å². The lowest BCUT2D eigenvalue weighted by Gasteiger charge is -2.18. The Kier molecular flexibility index (Phi) is 7.62. The van der Waals surface area contributed by atoms with E-state index in [0.717, 1.165) is 11.3 Å². The standard InChI is InChI=1S/C15H22FNO2S/c1-11(12-4-3-5-13(16)9-12)8-15(19)17-14(6-7-18)10-20-2/h3-5,9,11,14,18H,6-8,10H2,1-2H3,(H,17,19). The molecule has 0 aliphatic rings. The van der Waals surface area contributed by atoms with Crippen molar-refractivity contribution >= 4 is 17.7 Å². The van der Waals surface area contributed by atoms with Gasteiger partial charge in [0.05, 0.1) is 0 Å². The average Bonchev–Trinajstić information content (AvgIpc) is 2.39. The largest absolute Gasteiger partial charge is 0.396 e. The number of hydrogen-bond donors (Lipinski definition) is 2. The Morgan fingerprint density at radius 2 is 2.25 bits per heavy atom. The van der Waals surface area contributed by atoms with Gasteiger partial charge in [-0.2, -0.15) is 11.8 Å². The number of rotatable bonds is 8. The molecule has 3 nitrogen and oxygen atoms in total. The molecular weight excluding hydrogens is 277 g/mol. The van der Waals surface area contributed by atoms with E-state index in [1.54, 1.807) is 17.8 Å². The fourth-order valence-corrected chi connectivity index (χ4v) is 2.70. The van der Waals surface area contributed by atoms with Gasteiger partial charge in [0.2, 0.25) is 5.91 Å². The van der Waals surface area contributed by atoms with Crippen LogP contribution in [0.5, 0.6) is 0 Å². The lowest BCUT2D eigenvalue weighted by atomic mass is 9.97. The molecule has 0 saturated carbocycles. The van der Waals surface area contributed by atoms with Crippen LogP contribution in [0.2, 0.25) is 0 Å². The van der Waals surface area contributed by atoms with Gasteiger partial charge in [-0.3, -0.25) is 4.79 Å². The van der Waals surface area contributed by atoms with Gasteiger partial charge in [-0.1, -0.05) is 19.1 Å². The van der Waals surface area contributed by atoms with Gasteiger partial charge in [-0.15, -0.1) is 0 Å². The molecule has 0 aliphatic carbocycles. The van der Waals surface area contributed by atoms with Gasteiger partial charge >= 0.3 is 0 Å². The summed E-state index contributed by atoms with van der Waals surface area (Å²) >= 11 is 1.63. The van der Waals surface area contributed by atoms with E-state index in [4.69, 9.17) is 5.11 Å². The average molecular weight is 299 g/mol. The van der Waals surface area contributed by atoms with Gasteiger partial charge in [0.1, 0.15) is 5.82 Å². The highest BCUT2D eigenvalue weighted by Crippen LogP contribution is 2.19. The van der Waals surface area contributed by atoms with Crippen molar-refractivity contribution in [2.75, 3.05) is 18.6 Å². The van der Waals surface area contributed by atoms with E-state index in [1.165, 1.54) is 12.1 Å². The second-order valence-corrected chi connectivity index (χ2v) is 5.80. The number of amides is 1. The molecule has 2 unspecified atom stereocenters. The molecule has 0 aromatic heterocycles. The molecule has 0 fully saturated rings. The molecule has 1 aromatic carbocycles. The number of hydrogen-bond acceptors (Lipinski definition) is 3. The molecular formula is C15H22FNO2S. The maximum Gasteiger partial charge on any atom is 0.220 e. The smallest absolute Gasteiger partial charge is 0.220 e. The third-order valence-electron chi connectivity index (χ3n) is 3.12. The quantitative estimate of drug-likeness (QED) is 0.775. The van der Waals surface area contributed by atoms with Crippen molar-refractivity contribution in [1.29, 1.82) is 0 Å². The van der Waals surface area contributed by atoms with Gasteiger partial charge < -0.3 is 10.4 Å². The Morgan fingerprint density at radius 1 is 1.50 bits per heavy atom. The first-order valence-electron chi connectivity index (χ1n) is 6.71. The van der Waals surface area contributed by atoms with Crippen LogP contribution in [0.25, 0.3) is 0 Å². The number of aliphatic hydroxyl groups is 1. The molecule has 1 aromatic rings. The summed E-state index contributed by atoms with van der Waals surface area (Å²) in [6.07, 6.45) is 2.84. The lowest BCUT2D eigenvalue weighted by Crippen LogP contribution is -2.37. The molecule has 0 saturated heterocycles. The van der Waals surface area contributed by atoms with Crippen LogP contribution in [0.4, 0.5) is 4.39 Å². The Hall–Kier alpha value is -1.07. The summed E-state index contributed by atoms with van der Waals surface area (Å²) < 4.78 is 13.1. The van der Waals surface area contributed by atoms with Crippen LogP contribution in [0.15, 0.2) is 24.3 Å². The van der Waals surface area contributed by atoms with Crippen LogP contribution in [-0.2, 0) is 4.79 Å². The third-order valence-corrected chi connectivity index (χ3v) is 3.86. The second-order valence-electron chi connectivity index (χ2n) is 4.89. The molecule has 2 atom stereocenters. The van der Waals surface area contributed by atoms with Crippen LogP contribution in [0.1, 0.15) is 31.2 Å². The molecule has 5 heteroatoms. The monoisotopic (exact) mass is 299 g/mol. The van der Waals surface area contributed by atoms with E-state index < -0.39 is 0 Å². The molecule has 1 amide bonds. The number of carbonyl (C=O) groups is 1. The van der Waals surface area contributed by atoms with Gasteiger partial charge in [0.15, 0.2) is 0 Å². The van der Waals surface area contributed by atoms with Gasteiger partial charge in [-0.25, -0.2) is 4.39 Å². The first kappa shape index (κ1) is 17.0. The van der Waals surface area contributed by atoms with Crippen LogP contribution in [0, 0.1) is 5.82 Å². The minimum Gasteiger partial charge on any atom is -0.396 e. The lowest BCUT2D eigenvalue weighted by molar-refractivity contribution is -0.122. The van der Waals surface area contributed by atoms with Crippen molar-refractivity contribution < 1.29 is 14.3 Å². The Balaban J connectivity index is 2.52. The molecule has 0 heterocycles. The fourth-order valence-electron chi connectivity index (χ4n) is 2.05. The van der Waals surface area contributed by atoms with Crippen molar-refractivity contribution in [1.82, 2.24) is 5.32 Å². The molecule has 0 radical (unpaired) electrons. The summed E-state index contributed by atoms with van der Waals surface area (Å²) in [5.74, 6) is 0.403. The van der Waals surface area contributed by atoms with Crippen LogP contribution >= 0.6 is 11.8 Å². The third kappa shape index (κ3) is 5.92. The first-order chi connectivity index (χ1) is 9.56. The maximum absolute atomic E-state index is 13.1. The van der Waals surface area contributed by atoms with E-state index in [9.17, 15) is 9.18 Å². The number of nitrogens with one attached hydrogen (secondary N) is 1. The molecule has 0 spiro atoms. The van der Waals surface area contributed by atoms with Crippen LogP contribution < -0.4 is 5.32 Å². The van der Waals surface area contributed by atoms with Gasteiger partial charge in [0, 0.05) is 24.8 Å². The summed E-state index contributed by atoms with van der Waals surface area (Å²) in [6, 6.07) is 6.33. The number of benzene rings is 1. The van der Waals surface area contributed by atoms with Gasteiger partial charge in [-0.05, 0) is 36.3 Å². The van der Waals surface area contributed by atoms with Crippen LogP contribution in [0.3, 0.4) is 0 Å². The topological polar surface area (TPSA) is 49.3 Å². The number of carbonyl (C=O) groups excluding carboxylic acids is 1. The highest BCUT2D eigenvalue weighted by Gasteiger charge is 2.15. The second kappa shape index (κ2) is 8.97. The van der Waals surface area contributed by atoms with E-state index >= 15 is 0 Å². The molecule has 112 valence electrons. The molecule has 20 heavy (non-hydrogen) atoms. The number of aliphatic hydroxyl groups excluding tert-OH is 1. The molecule has 2 N–H and O–H groups in total. The van der Waals surface area contributed by atoms with Crippen molar-refractivity contribution in [3.05, 3.63) is 35.6 Å². The van der Waals surface area contributed by atoms with E-state index in [-0.39, 0.29) is 30.3 Å². The predicted molar refractivity (Wildman–Crippen MR) is 81.4 cm³/mol. The molecule has 0 aliphatic heterocycles. The highest BCUT2D eigenvalue weighted by atomic mass is 32.2. The fraction of sp³-hybridized carbons (Fsp3) is 0.533. The molecule has 0 bridgehead atoms. The van der Waals surface area contributed by atoms with E-state index in [1.807, 2.05) is 19.2 Å². The van der Waals surface area contributed by atoms with Crippen molar-refractivity contribution in [2.45, 2.75) is 31.7 Å². The maximum atomic E-state index is 13.1. The summed E-state index contributed by atoms with van der Waals surface area (Å²) in [5.41, 5.74) is 0.823. The molecule has 1 rings (SSSR count). The number of halogens is 1. The predicted octanol–water partition coefficient (Wildman–Crippen LogP) is 2.55. The number of thioether (sulfide) groups is 1. The Morgan fingerprint density at radius 3 is 2.85 bits per heavy atom. The van der Waals surface area contributed by atoms with Crippen molar-refractivity contribution in [3.8, 4) is 0 Å². The van der Waals surface area contributed by atoms with Gasteiger partial charge in [0.25, 0.3) is 0 Å². The van der Waals surface area contributed by atoms with Crippen molar-refractivity contribution in [2.24, 2.45) is 0 Å². The van der Waals surface area contributed by atoms with E-state index in [0.29, 0.717) is 12.8 Å². The summed E-state index contributed by atoms with van der Waals surface area (Å²) in [5, 5.41) is 11.9. The normalized spacial score (nSPS) is 13.8. The minimum atomic E-state index is -0.282.